The number of ether oxygens (including phenoxy) is 2. The Bertz CT molecular complexity index is 311. The molecule has 0 aliphatic rings. The molecule has 0 heterocycles. The first-order valence-electron chi connectivity index (χ1n) is 6.05. The summed E-state index contributed by atoms with van der Waals surface area (Å²) in [5.41, 5.74) is 1.12. The Labute approximate surface area is 105 Å². The molecule has 0 unspecified atom stereocenters. The lowest BCUT2D eigenvalue weighted by Crippen LogP contribution is -2.19. The third-order valence-corrected chi connectivity index (χ3v) is 2.19. The van der Waals surface area contributed by atoms with Crippen molar-refractivity contribution in [2.75, 3.05) is 34.4 Å². The molecule has 17 heavy (non-hydrogen) atoms. The van der Waals surface area contributed by atoms with Crippen LogP contribution in [0.15, 0.2) is 18.2 Å². The van der Waals surface area contributed by atoms with Gasteiger partial charge in [-0.15, -0.1) is 0 Å². The highest BCUT2D eigenvalue weighted by atomic mass is 16.5. The minimum atomic E-state index is 0.694. The van der Waals surface area contributed by atoms with Gasteiger partial charge in [-0.2, -0.15) is 0 Å². The fourth-order valence-corrected chi connectivity index (χ4v) is 1.24. The monoisotopic (exact) mass is 239 g/mol. The summed E-state index contributed by atoms with van der Waals surface area (Å²) >= 11 is 0. The van der Waals surface area contributed by atoms with Crippen LogP contribution in [0.4, 0.5) is 0 Å². The number of nitrogens with zero attached hydrogens (tertiary/aromatic N) is 1. The third kappa shape index (κ3) is 6.17. The summed E-state index contributed by atoms with van der Waals surface area (Å²) in [6.07, 6.45) is 0. The van der Waals surface area contributed by atoms with E-state index in [2.05, 4.69) is 4.90 Å². The van der Waals surface area contributed by atoms with E-state index in [1.807, 2.05) is 53.1 Å². The van der Waals surface area contributed by atoms with Gasteiger partial charge >= 0.3 is 0 Å². The molecular formula is C14H25NO2. The summed E-state index contributed by atoms with van der Waals surface area (Å²) in [7, 11) is 5.73. The molecule has 0 saturated carbocycles. The van der Waals surface area contributed by atoms with Crippen molar-refractivity contribution in [1.82, 2.24) is 4.90 Å². The van der Waals surface area contributed by atoms with Crippen LogP contribution in [0.3, 0.4) is 0 Å². The van der Waals surface area contributed by atoms with Crippen molar-refractivity contribution in [2.24, 2.45) is 0 Å². The summed E-state index contributed by atoms with van der Waals surface area (Å²) in [6, 6.07) is 5.89. The molecule has 1 aromatic carbocycles. The smallest absolute Gasteiger partial charge is 0.125 e. The summed E-state index contributed by atoms with van der Waals surface area (Å²) in [6.45, 7) is 7.62. The minimum Gasteiger partial charge on any atom is -0.496 e. The Kier molecular flexibility index (Phi) is 8.24. The number of methoxy groups -OCH3 is 1. The molecule has 0 aromatic heterocycles. The van der Waals surface area contributed by atoms with Gasteiger partial charge in [0, 0.05) is 12.6 Å². The van der Waals surface area contributed by atoms with Crippen LogP contribution in [0, 0.1) is 6.92 Å². The molecule has 0 aliphatic heterocycles. The fourth-order valence-electron chi connectivity index (χ4n) is 1.24. The average Bonchev–Trinajstić information content (AvgIpc) is 2.33. The molecule has 0 spiro atoms. The van der Waals surface area contributed by atoms with E-state index >= 15 is 0 Å². The van der Waals surface area contributed by atoms with Gasteiger partial charge in [-0.3, -0.25) is 0 Å². The van der Waals surface area contributed by atoms with Crippen molar-refractivity contribution < 1.29 is 9.47 Å². The second kappa shape index (κ2) is 8.88. The van der Waals surface area contributed by atoms with E-state index in [1.165, 1.54) is 0 Å². The van der Waals surface area contributed by atoms with E-state index in [1.54, 1.807) is 7.11 Å². The number of hydrogen-bond donors (Lipinski definition) is 0. The molecule has 1 aromatic rings. The van der Waals surface area contributed by atoms with Gasteiger partial charge in [-0.1, -0.05) is 19.9 Å². The summed E-state index contributed by atoms with van der Waals surface area (Å²) in [4.78, 5) is 2.09. The normalized spacial score (nSPS) is 9.59. The van der Waals surface area contributed by atoms with Crippen molar-refractivity contribution in [2.45, 2.75) is 20.8 Å². The fraction of sp³-hybridized carbons (Fsp3) is 0.571. The minimum absolute atomic E-state index is 0.694. The van der Waals surface area contributed by atoms with E-state index in [0.717, 1.165) is 23.6 Å². The van der Waals surface area contributed by atoms with Gasteiger partial charge in [-0.05, 0) is 32.6 Å². The number of aryl methyl sites for hydroxylation is 1. The van der Waals surface area contributed by atoms with E-state index in [9.17, 15) is 0 Å². The van der Waals surface area contributed by atoms with Crippen molar-refractivity contribution in [1.29, 1.82) is 0 Å². The molecule has 0 N–H and O–H groups in total. The Morgan fingerprint density at radius 3 is 2.35 bits per heavy atom. The first kappa shape index (κ1) is 15.8. The van der Waals surface area contributed by atoms with Crippen molar-refractivity contribution in [3.63, 3.8) is 0 Å². The van der Waals surface area contributed by atoms with Crippen LogP contribution >= 0.6 is 0 Å². The zero-order valence-electron chi connectivity index (χ0n) is 11.9. The Hall–Kier alpha value is -1.22. The quantitative estimate of drug-likeness (QED) is 0.788. The summed E-state index contributed by atoms with van der Waals surface area (Å²) < 4.78 is 10.8. The van der Waals surface area contributed by atoms with Crippen LogP contribution in [0.1, 0.15) is 19.4 Å². The Morgan fingerprint density at radius 2 is 1.82 bits per heavy atom. The van der Waals surface area contributed by atoms with E-state index in [0.29, 0.717) is 6.61 Å². The van der Waals surface area contributed by atoms with Crippen LogP contribution in [-0.2, 0) is 0 Å². The van der Waals surface area contributed by atoms with Crippen LogP contribution in [-0.4, -0.2) is 39.3 Å². The second-order valence-electron chi connectivity index (χ2n) is 3.78. The largest absolute Gasteiger partial charge is 0.496 e. The van der Waals surface area contributed by atoms with Crippen molar-refractivity contribution >= 4 is 0 Å². The molecular weight excluding hydrogens is 214 g/mol. The van der Waals surface area contributed by atoms with Crippen LogP contribution < -0.4 is 9.47 Å². The zero-order valence-corrected chi connectivity index (χ0v) is 11.9. The molecule has 0 radical (unpaired) electrons. The highest BCUT2D eigenvalue weighted by Gasteiger charge is 2.01. The molecule has 0 aliphatic carbocycles. The maximum absolute atomic E-state index is 5.59. The second-order valence-corrected chi connectivity index (χ2v) is 3.78. The Morgan fingerprint density at radius 1 is 1.18 bits per heavy atom. The van der Waals surface area contributed by atoms with Crippen molar-refractivity contribution in [3.05, 3.63) is 23.8 Å². The molecule has 98 valence electrons. The Balaban J connectivity index is 0.00000121. The van der Waals surface area contributed by atoms with Crippen molar-refractivity contribution in [3.8, 4) is 11.5 Å². The van der Waals surface area contributed by atoms with Gasteiger partial charge in [-0.25, -0.2) is 0 Å². The lowest BCUT2D eigenvalue weighted by Gasteiger charge is -2.12. The first-order valence-corrected chi connectivity index (χ1v) is 6.05. The maximum Gasteiger partial charge on any atom is 0.125 e. The maximum atomic E-state index is 5.59. The van der Waals surface area contributed by atoms with E-state index < -0.39 is 0 Å². The topological polar surface area (TPSA) is 21.7 Å². The summed E-state index contributed by atoms with van der Waals surface area (Å²) in [5, 5.41) is 0. The van der Waals surface area contributed by atoms with Gasteiger partial charge < -0.3 is 14.4 Å². The van der Waals surface area contributed by atoms with Gasteiger partial charge in [0.05, 0.1) is 7.11 Å². The standard InChI is InChI=1S/C12H19NO2.C2H6/c1-10-5-6-11(9-12(10)14-4)15-8-7-13(2)3;1-2/h5-6,9H,7-8H2,1-4H3;1-2H3. The van der Waals surface area contributed by atoms with Gasteiger partial charge in [0.15, 0.2) is 0 Å². The SMILES string of the molecule is CC.COc1cc(OCCN(C)C)ccc1C. The third-order valence-electron chi connectivity index (χ3n) is 2.19. The van der Waals surface area contributed by atoms with E-state index in [4.69, 9.17) is 9.47 Å². The average molecular weight is 239 g/mol. The zero-order chi connectivity index (χ0) is 13.3. The predicted octanol–water partition coefficient (Wildman–Crippen LogP) is 2.97. The molecule has 3 nitrogen and oxygen atoms in total. The number of rotatable bonds is 5. The van der Waals surface area contributed by atoms with Gasteiger partial charge in [0.1, 0.15) is 18.1 Å². The van der Waals surface area contributed by atoms with Gasteiger partial charge in [0.25, 0.3) is 0 Å². The molecule has 0 saturated heterocycles. The molecule has 1 rings (SSSR count). The number of likely N-dealkylation sites (N-methyl/N-ethyl adjacent to an activating group) is 1. The predicted molar refractivity (Wildman–Crippen MR) is 73.1 cm³/mol. The molecule has 0 atom stereocenters. The van der Waals surface area contributed by atoms with Crippen LogP contribution in [0.5, 0.6) is 11.5 Å². The highest BCUT2D eigenvalue weighted by molar-refractivity contribution is 5.39. The molecule has 0 amide bonds. The van der Waals surface area contributed by atoms with Crippen LogP contribution in [0.25, 0.3) is 0 Å². The lowest BCUT2D eigenvalue weighted by atomic mass is 10.2. The highest BCUT2D eigenvalue weighted by Crippen LogP contribution is 2.23. The lowest BCUT2D eigenvalue weighted by molar-refractivity contribution is 0.260. The molecule has 0 fully saturated rings. The molecule has 3 heteroatoms. The van der Waals surface area contributed by atoms with Crippen LogP contribution in [0.2, 0.25) is 0 Å². The summed E-state index contributed by atoms with van der Waals surface area (Å²) in [5.74, 6) is 1.73. The van der Waals surface area contributed by atoms with Gasteiger partial charge in [0.2, 0.25) is 0 Å². The first-order chi connectivity index (χ1) is 8.13. The number of benzene rings is 1. The number of hydrogen-bond acceptors (Lipinski definition) is 3. The van der Waals surface area contributed by atoms with E-state index in [-0.39, 0.29) is 0 Å². The molecule has 0 bridgehead atoms.